The molecule has 0 aliphatic carbocycles. The van der Waals surface area contributed by atoms with E-state index in [-0.39, 0.29) is 0 Å². The second-order valence-corrected chi connectivity index (χ2v) is 9.80. The van der Waals surface area contributed by atoms with Gasteiger partial charge in [-0.3, -0.25) is 4.79 Å². The van der Waals surface area contributed by atoms with E-state index in [0.29, 0.717) is 6.42 Å². The molecular weight excluding hydrogens is 392 g/mol. The summed E-state index contributed by atoms with van der Waals surface area (Å²) >= 11 is 0. The Kier molecular flexibility index (Phi) is 20.5. The van der Waals surface area contributed by atoms with Crippen molar-refractivity contribution >= 4 is 5.97 Å². The van der Waals surface area contributed by atoms with Gasteiger partial charge >= 0.3 is 5.97 Å². The number of hydrogen-bond donors (Lipinski definition) is 1. The van der Waals surface area contributed by atoms with Crippen LogP contribution < -0.4 is 0 Å². The van der Waals surface area contributed by atoms with Gasteiger partial charge in [-0.25, -0.2) is 0 Å². The molecule has 0 amide bonds. The average molecular weight is 445 g/mol. The van der Waals surface area contributed by atoms with Crippen LogP contribution in [-0.2, 0) is 11.2 Å². The van der Waals surface area contributed by atoms with E-state index < -0.39 is 5.97 Å². The monoisotopic (exact) mass is 444 g/mol. The zero-order chi connectivity index (χ0) is 23.0. The standard InChI is InChI=1S/C30H52O2/c31-30(32)28-24-19-17-15-13-11-9-7-5-3-1-2-4-6-8-10-12-14-16-18-21-25-29-26-22-20-23-27-29/h20,22-23,26-27H,1-19,21,24-25,28H2,(H,31,32). The third kappa shape index (κ3) is 20.6. The topological polar surface area (TPSA) is 37.3 Å². The molecule has 0 aliphatic heterocycles. The summed E-state index contributed by atoms with van der Waals surface area (Å²) in [4.78, 5) is 10.4. The normalized spacial score (nSPS) is 11.1. The lowest BCUT2D eigenvalue weighted by atomic mass is 10.0. The van der Waals surface area contributed by atoms with Gasteiger partial charge in [-0.2, -0.15) is 0 Å². The van der Waals surface area contributed by atoms with Crippen LogP contribution in [0.1, 0.15) is 147 Å². The van der Waals surface area contributed by atoms with Crippen LogP contribution in [0.2, 0.25) is 0 Å². The molecule has 184 valence electrons. The summed E-state index contributed by atoms with van der Waals surface area (Å²) in [7, 11) is 0. The van der Waals surface area contributed by atoms with E-state index in [1.807, 2.05) is 0 Å². The maximum atomic E-state index is 10.4. The number of hydrogen-bond acceptors (Lipinski definition) is 1. The summed E-state index contributed by atoms with van der Waals surface area (Å²) in [6.45, 7) is 0. The first-order valence-electron chi connectivity index (χ1n) is 14.0. The summed E-state index contributed by atoms with van der Waals surface area (Å²) in [5.41, 5.74) is 1.49. The van der Waals surface area contributed by atoms with Gasteiger partial charge in [0, 0.05) is 6.42 Å². The van der Waals surface area contributed by atoms with Crippen LogP contribution >= 0.6 is 0 Å². The minimum absolute atomic E-state index is 0.343. The van der Waals surface area contributed by atoms with Crippen LogP contribution in [0.5, 0.6) is 0 Å². The van der Waals surface area contributed by atoms with Crippen LogP contribution in [0, 0.1) is 0 Å². The minimum atomic E-state index is -0.652. The smallest absolute Gasteiger partial charge is 0.303 e. The molecule has 2 heteroatoms. The summed E-state index contributed by atoms with van der Waals surface area (Å²) < 4.78 is 0. The molecule has 0 saturated carbocycles. The van der Waals surface area contributed by atoms with Crippen LogP contribution in [0.15, 0.2) is 30.3 Å². The van der Waals surface area contributed by atoms with Crippen molar-refractivity contribution in [3.05, 3.63) is 35.9 Å². The Labute approximate surface area is 199 Å². The van der Waals surface area contributed by atoms with Crippen LogP contribution in [0.4, 0.5) is 0 Å². The van der Waals surface area contributed by atoms with Crippen molar-refractivity contribution in [3.63, 3.8) is 0 Å². The summed E-state index contributed by atoms with van der Waals surface area (Å²) in [5.74, 6) is -0.652. The van der Waals surface area contributed by atoms with Crippen LogP contribution in [0.25, 0.3) is 0 Å². The second kappa shape index (κ2) is 22.9. The van der Waals surface area contributed by atoms with E-state index in [1.165, 1.54) is 134 Å². The number of carboxylic acids is 1. The van der Waals surface area contributed by atoms with Crippen LogP contribution in [0.3, 0.4) is 0 Å². The van der Waals surface area contributed by atoms with Crippen molar-refractivity contribution in [2.75, 3.05) is 0 Å². The number of aliphatic carboxylic acids is 1. The molecule has 0 radical (unpaired) electrons. The number of benzene rings is 1. The maximum absolute atomic E-state index is 10.4. The molecule has 0 fully saturated rings. The van der Waals surface area contributed by atoms with Gasteiger partial charge in [0.05, 0.1) is 0 Å². The Morgan fingerprint density at radius 3 is 1.12 bits per heavy atom. The molecule has 0 spiro atoms. The molecule has 0 heterocycles. The molecule has 0 unspecified atom stereocenters. The van der Waals surface area contributed by atoms with Crippen molar-refractivity contribution in [1.82, 2.24) is 0 Å². The predicted octanol–water partition coefficient (Wildman–Crippen LogP) is 9.90. The fourth-order valence-electron chi connectivity index (χ4n) is 4.61. The number of carboxylic acid groups (broad SMARTS) is 1. The van der Waals surface area contributed by atoms with Gasteiger partial charge in [0.1, 0.15) is 0 Å². The average Bonchev–Trinajstić information content (AvgIpc) is 2.80. The summed E-state index contributed by atoms with van der Waals surface area (Å²) in [6, 6.07) is 10.9. The SMILES string of the molecule is O=C(O)CCCCCCCCCCCCCCCCCCCCCCCc1ccccc1. The fourth-order valence-corrected chi connectivity index (χ4v) is 4.61. The van der Waals surface area contributed by atoms with Crippen molar-refractivity contribution in [1.29, 1.82) is 0 Å². The third-order valence-corrected chi connectivity index (χ3v) is 6.70. The zero-order valence-electron chi connectivity index (χ0n) is 21.0. The third-order valence-electron chi connectivity index (χ3n) is 6.70. The molecular formula is C30H52O2. The molecule has 1 rings (SSSR count). The Bertz CT molecular complexity index is 511. The van der Waals surface area contributed by atoms with Gasteiger partial charge in [0.25, 0.3) is 0 Å². The van der Waals surface area contributed by atoms with Gasteiger partial charge in [-0.15, -0.1) is 0 Å². The Hall–Kier alpha value is -1.31. The first-order chi connectivity index (χ1) is 15.8. The highest BCUT2D eigenvalue weighted by Gasteiger charge is 1.98. The Morgan fingerprint density at radius 1 is 0.469 bits per heavy atom. The van der Waals surface area contributed by atoms with Gasteiger partial charge in [-0.1, -0.05) is 152 Å². The quantitative estimate of drug-likeness (QED) is 0.161. The van der Waals surface area contributed by atoms with E-state index >= 15 is 0 Å². The fraction of sp³-hybridized carbons (Fsp3) is 0.767. The molecule has 0 bridgehead atoms. The maximum Gasteiger partial charge on any atom is 0.303 e. The summed E-state index contributed by atoms with van der Waals surface area (Å²) in [6.07, 6.45) is 30.0. The van der Waals surface area contributed by atoms with Gasteiger partial charge in [0.2, 0.25) is 0 Å². The molecule has 1 aromatic carbocycles. The van der Waals surface area contributed by atoms with E-state index in [1.54, 1.807) is 0 Å². The highest BCUT2D eigenvalue weighted by Crippen LogP contribution is 2.15. The predicted molar refractivity (Wildman–Crippen MR) is 139 cm³/mol. The molecule has 0 aromatic heterocycles. The second-order valence-electron chi connectivity index (χ2n) is 9.80. The molecule has 0 saturated heterocycles. The Morgan fingerprint density at radius 2 is 0.781 bits per heavy atom. The number of aryl methyl sites for hydroxylation is 1. The van der Waals surface area contributed by atoms with E-state index in [2.05, 4.69) is 30.3 Å². The highest BCUT2D eigenvalue weighted by molar-refractivity contribution is 5.66. The van der Waals surface area contributed by atoms with Crippen molar-refractivity contribution < 1.29 is 9.90 Å². The molecule has 1 aromatic rings. The first-order valence-corrected chi connectivity index (χ1v) is 14.0. The Balaban J connectivity index is 1.65. The summed E-state index contributed by atoms with van der Waals surface area (Å²) in [5, 5.41) is 8.61. The zero-order valence-corrected chi connectivity index (χ0v) is 21.0. The van der Waals surface area contributed by atoms with Gasteiger partial charge in [0.15, 0.2) is 0 Å². The first kappa shape index (κ1) is 28.7. The lowest BCUT2D eigenvalue weighted by Gasteiger charge is -2.04. The van der Waals surface area contributed by atoms with Crippen molar-refractivity contribution in [2.45, 2.75) is 148 Å². The lowest BCUT2D eigenvalue weighted by Crippen LogP contribution is -1.93. The van der Waals surface area contributed by atoms with Gasteiger partial charge < -0.3 is 5.11 Å². The van der Waals surface area contributed by atoms with Crippen LogP contribution in [-0.4, -0.2) is 11.1 Å². The largest absolute Gasteiger partial charge is 0.481 e. The van der Waals surface area contributed by atoms with Gasteiger partial charge in [-0.05, 0) is 24.8 Å². The molecule has 0 aliphatic rings. The number of rotatable bonds is 24. The van der Waals surface area contributed by atoms with E-state index in [9.17, 15) is 4.79 Å². The molecule has 0 atom stereocenters. The molecule has 32 heavy (non-hydrogen) atoms. The van der Waals surface area contributed by atoms with E-state index in [0.717, 1.165) is 12.8 Å². The minimum Gasteiger partial charge on any atom is -0.481 e. The lowest BCUT2D eigenvalue weighted by molar-refractivity contribution is -0.137. The van der Waals surface area contributed by atoms with Crippen molar-refractivity contribution in [3.8, 4) is 0 Å². The number of unbranched alkanes of at least 4 members (excludes halogenated alkanes) is 20. The van der Waals surface area contributed by atoms with Crippen molar-refractivity contribution in [2.24, 2.45) is 0 Å². The number of carbonyl (C=O) groups is 1. The highest BCUT2D eigenvalue weighted by atomic mass is 16.4. The molecule has 2 nitrogen and oxygen atoms in total. The van der Waals surface area contributed by atoms with E-state index in [4.69, 9.17) is 5.11 Å². The molecule has 1 N–H and O–H groups in total.